The van der Waals surface area contributed by atoms with Crippen LogP contribution in [0.2, 0.25) is 0 Å². The van der Waals surface area contributed by atoms with Crippen LogP contribution in [0.25, 0.3) is 0 Å². The molecular formula is C16H21N7OS. The van der Waals surface area contributed by atoms with Gasteiger partial charge in [0.1, 0.15) is 5.82 Å². The number of hydrogen-bond acceptors (Lipinski definition) is 7. The van der Waals surface area contributed by atoms with E-state index in [0.717, 1.165) is 30.0 Å². The Kier molecular flexibility index (Phi) is 4.56. The molecule has 2 aromatic rings. The van der Waals surface area contributed by atoms with Gasteiger partial charge < -0.3 is 14.4 Å². The minimum absolute atomic E-state index is 0.154. The first kappa shape index (κ1) is 16.3. The third kappa shape index (κ3) is 3.60. The Labute approximate surface area is 150 Å². The van der Waals surface area contributed by atoms with Gasteiger partial charge in [0.25, 0.3) is 0 Å². The summed E-state index contributed by atoms with van der Waals surface area (Å²) in [5, 5.41) is 9.25. The number of amides is 1. The molecule has 4 rings (SSSR count). The summed E-state index contributed by atoms with van der Waals surface area (Å²) in [6.45, 7) is 4.90. The highest BCUT2D eigenvalue weighted by Crippen LogP contribution is 2.38. The summed E-state index contributed by atoms with van der Waals surface area (Å²) < 4.78 is 2.17. The molecule has 1 amide bonds. The van der Waals surface area contributed by atoms with Crippen molar-refractivity contribution in [2.45, 2.75) is 31.0 Å². The van der Waals surface area contributed by atoms with E-state index in [2.05, 4.69) is 29.6 Å². The molecule has 3 heterocycles. The lowest BCUT2D eigenvalue weighted by atomic mass is 10.3. The molecule has 1 saturated heterocycles. The van der Waals surface area contributed by atoms with Gasteiger partial charge in [-0.3, -0.25) is 4.79 Å². The summed E-state index contributed by atoms with van der Waals surface area (Å²) in [6, 6.07) is 2.34. The molecule has 0 N–H and O–H groups in total. The van der Waals surface area contributed by atoms with Crippen LogP contribution in [-0.2, 0) is 4.79 Å². The summed E-state index contributed by atoms with van der Waals surface area (Å²) in [7, 11) is 0. The Morgan fingerprint density at radius 3 is 2.56 bits per heavy atom. The van der Waals surface area contributed by atoms with Crippen molar-refractivity contribution in [2.75, 3.05) is 36.8 Å². The van der Waals surface area contributed by atoms with Crippen molar-refractivity contribution in [3.63, 3.8) is 0 Å². The molecule has 8 nitrogen and oxygen atoms in total. The van der Waals surface area contributed by atoms with Crippen molar-refractivity contribution in [3.05, 3.63) is 24.3 Å². The summed E-state index contributed by atoms with van der Waals surface area (Å²) in [5.41, 5.74) is 0. The molecule has 2 fully saturated rings. The second kappa shape index (κ2) is 6.99. The molecule has 0 radical (unpaired) electrons. The van der Waals surface area contributed by atoms with E-state index in [9.17, 15) is 4.79 Å². The van der Waals surface area contributed by atoms with Crippen molar-refractivity contribution in [1.29, 1.82) is 0 Å². The number of thioether (sulfide) groups is 1. The Bertz CT molecular complexity index is 738. The lowest BCUT2D eigenvalue weighted by molar-refractivity contribution is -0.128. The number of carbonyl (C=O) groups is 1. The van der Waals surface area contributed by atoms with Gasteiger partial charge in [0.2, 0.25) is 11.9 Å². The Morgan fingerprint density at radius 2 is 1.88 bits per heavy atom. The molecule has 1 saturated carbocycles. The van der Waals surface area contributed by atoms with Gasteiger partial charge in [0, 0.05) is 44.6 Å². The highest BCUT2D eigenvalue weighted by molar-refractivity contribution is 7.99. The number of hydrogen-bond donors (Lipinski definition) is 0. The Morgan fingerprint density at radius 1 is 1.16 bits per heavy atom. The number of piperazine rings is 1. The fourth-order valence-corrected chi connectivity index (χ4v) is 3.98. The average Bonchev–Trinajstić information content (AvgIpc) is 3.43. The maximum atomic E-state index is 12.5. The first-order valence-corrected chi connectivity index (χ1v) is 9.55. The number of aromatic nitrogens is 5. The van der Waals surface area contributed by atoms with Gasteiger partial charge in [-0.1, -0.05) is 11.8 Å². The normalized spacial score (nSPS) is 17.8. The molecule has 0 unspecified atom stereocenters. The first-order valence-electron chi connectivity index (χ1n) is 8.56. The SMILES string of the molecule is Cc1nnc(SCC(=O)N2CCN(c3ncccn3)CC2)n1C1CC1. The van der Waals surface area contributed by atoms with Crippen LogP contribution in [0.4, 0.5) is 5.95 Å². The van der Waals surface area contributed by atoms with Gasteiger partial charge in [0.05, 0.1) is 5.75 Å². The smallest absolute Gasteiger partial charge is 0.233 e. The fraction of sp³-hybridized carbons (Fsp3) is 0.562. The monoisotopic (exact) mass is 359 g/mol. The molecule has 0 atom stereocenters. The van der Waals surface area contributed by atoms with Gasteiger partial charge in [0.15, 0.2) is 5.16 Å². The van der Waals surface area contributed by atoms with Crippen LogP contribution in [0, 0.1) is 6.92 Å². The molecular weight excluding hydrogens is 338 g/mol. The lowest BCUT2D eigenvalue weighted by Gasteiger charge is -2.34. The minimum atomic E-state index is 0.154. The van der Waals surface area contributed by atoms with Crippen molar-refractivity contribution < 1.29 is 4.79 Å². The van der Waals surface area contributed by atoms with E-state index in [-0.39, 0.29) is 5.91 Å². The largest absolute Gasteiger partial charge is 0.338 e. The van der Waals surface area contributed by atoms with E-state index >= 15 is 0 Å². The quantitative estimate of drug-likeness (QED) is 0.741. The molecule has 0 aromatic carbocycles. The third-order valence-electron chi connectivity index (χ3n) is 4.54. The molecule has 0 spiro atoms. The van der Waals surface area contributed by atoms with Crippen molar-refractivity contribution in [3.8, 4) is 0 Å². The van der Waals surface area contributed by atoms with E-state index in [4.69, 9.17) is 0 Å². The topological polar surface area (TPSA) is 80.0 Å². The Hall–Kier alpha value is -2.16. The van der Waals surface area contributed by atoms with E-state index in [0.29, 0.717) is 24.9 Å². The van der Waals surface area contributed by atoms with Crippen LogP contribution in [0.1, 0.15) is 24.7 Å². The highest BCUT2D eigenvalue weighted by Gasteiger charge is 2.29. The second-order valence-corrected chi connectivity index (χ2v) is 7.28. The standard InChI is InChI=1S/C16H21N7OS/c1-12-19-20-16(23(12)13-3-4-13)25-11-14(24)21-7-9-22(10-8-21)15-17-5-2-6-18-15/h2,5-6,13H,3-4,7-11H2,1H3. The van der Waals surface area contributed by atoms with Crippen LogP contribution >= 0.6 is 11.8 Å². The van der Waals surface area contributed by atoms with E-state index in [1.807, 2.05) is 17.9 Å². The predicted octanol–water partition coefficient (Wildman–Crippen LogP) is 1.15. The van der Waals surface area contributed by atoms with Crippen LogP contribution < -0.4 is 4.90 Å². The van der Waals surface area contributed by atoms with Crippen LogP contribution in [0.3, 0.4) is 0 Å². The summed E-state index contributed by atoms with van der Waals surface area (Å²) in [6.07, 6.45) is 5.86. The maximum Gasteiger partial charge on any atom is 0.233 e. The van der Waals surface area contributed by atoms with Crippen molar-refractivity contribution in [2.24, 2.45) is 0 Å². The second-order valence-electron chi connectivity index (χ2n) is 6.34. The summed E-state index contributed by atoms with van der Waals surface area (Å²) in [5.74, 6) is 2.24. The maximum absolute atomic E-state index is 12.5. The average molecular weight is 359 g/mol. The number of nitrogens with zero attached hydrogens (tertiary/aromatic N) is 7. The third-order valence-corrected chi connectivity index (χ3v) is 5.47. The van der Waals surface area contributed by atoms with Gasteiger partial charge in [-0.05, 0) is 25.8 Å². The van der Waals surface area contributed by atoms with Crippen LogP contribution in [-0.4, -0.2) is 67.5 Å². The van der Waals surface area contributed by atoms with Gasteiger partial charge in [-0.2, -0.15) is 0 Å². The van der Waals surface area contributed by atoms with Gasteiger partial charge >= 0.3 is 0 Å². The molecule has 1 aliphatic carbocycles. The Balaban J connectivity index is 1.30. The van der Waals surface area contributed by atoms with Crippen molar-refractivity contribution >= 4 is 23.6 Å². The molecule has 25 heavy (non-hydrogen) atoms. The van der Waals surface area contributed by atoms with E-state index < -0.39 is 0 Å². The number of rotatable bonds is 5. The van der Waals surface area contributed by atoms with E-state index in [1.165, 1.54) is 24.6 Å². The molecule has 0 bridgehead atoms. The zero-order valence-electron chi connectivity index (χ0n) is 14.2. The zero-order chi connectivity index (χ0) is 17.2. The number of anilines is 1. The van der Waals surface area contributed by atoms with Gasteiger partial charge in [-0.25, -0.2) is 9.97 Å². The number of carbonyl (C=O) groups excluding carboxylic acids is 1. The molecule has 132 valence electrons. The fourth-order valence-electron chi connectivity index (χ4n) is 3.03. The molecule has 2 aromatic heterocycles. The first-order chi connectivity index (χ1) is 12.2. The van der Waals surface area contributed by atoms with Crippen LogP contribution in [0.5, 0.6) is 0 Å². The lowest BCUT2D eigenvalue weighted by Crippen LogP contribution is -2.49. The summed E-state index contributed by atoms with van der Waals surface area (Å²) in [4.78, 5) is 25.1. The molecule has 9 heteroatoms. The highest BCUT2D eigenvalue weighted by atomic mass is 32.2. The summed E-state index contributed by atoms with van der Waals surface area (Å²) >= 11 is 1.49. The number of aryl methyl sites for hydroxylation is 1. The predicted molar refractivity (Wildman–Crippen MR) is 94.6 cm³/mol. The van der Waals surface area contributed by atoms with Gasteiger partial charge in [-0.15, -0.1) is 10.2 Å². The molecule has 2 aliphatic rings. The molecule has 1 aliphatic heterocycles. The van der Waals surface area contributed by atoms with Crippen LogP contribution in [0.15, 0.2) is 23.6 Å². The zero-order valence-corrected chi connectivity index (χ0v) is 15.0. The van der Waals surface area contributed by atoms with Crippen molar-refractivity contribution in [1.82, 2.24) is 29.6 Å². The van der Waals surface area contributed by atoms with E-state index in [1.54, 1.807) is 12.4 Å². The minimum Gasteiger partial charge on any atom is -0.338 e.